The zero-order chi connectivity index (χ0) is 12.2. The van der Waals surface area contributed by atoms with Gasteiger partial charge in [-0.3, -0.25) is 0 Å². The Hall–Kier alpha value is -1.80. The predicted octanol–water partition coefficient (Wildman–Crippen LogP) is 1.86. The van der Waals surface area contributed by atoms with Crippen molar-refractivity contribution >= 4 is 9.84 Å². The normalized spacial score (nSPS) is 12.6. The number of hydrogen-bond donors (Lipinski definition) is 0. The third-order valence-corrected chi connectivity index (χ3v) is 3.86. The maximum atomic E-state index is 12.0. The van der Waals surface area contributed by atoms with E-state index in [1.165, 1.54) is 26.2 Å². The highest BCUT2D eigenvalue weighted by molar-refractivity contribution is 7.95. The molecule has 5 heteroatoms. The fourth-order valence-electron chi connectivity index (χ4n) is 1.14. The Morgan fingerprint density at radius 1 is 1.31 bits per heavy atom. The van der Waals surface area contributed by atoms with Gasteiger partial charge in [0.1, 0.15) is 11.8 Å². The van der Waals surface area contributed by atoms with Gasteiger partial charge in [-0.05, 0) is 19.1 Å². The van der Waals surface area contributed by atoms with E-state index in [0.29, 0.717) is 0 Å². The largest absolute Gasteiger partial charge is 0.499 e. The van der Waals surface area contributed by atoms with E-state index in [1.54, 1.807) is 24.3 Å². The number of sulfone groups is 1. The Balaban J connectivity index is 3.40. The predicted molar refractivity (Wildman–Crippen MR) is 58.9 cm³/mol. The average molecular weight is 237 g/mol. The molecule has 16 heavy (non-hydrogen) atoms. The monoisotopic (exact) mass is 237 g/mol. The summed E-state index contributed by atoms with van der Waals surface area (Å²) >= 11 is 0. The van der Waals surface area contributed by atoms with Crippen LogP contribution >= 0.6 is 0 Å². The molecule has 0 saturated heterocycles. The van der Waals surface area contributed by atoms with Gasteiger partial charge < -0.3 is 4.74 Å². The highest BCUT2D eigenvalue weighted by Crippen LogP contribution is 2.21. The van der Waals surface area contributed by atoms with E-state index in [0.717, 1.165) is 0 Å². The standard InChI is InChI=1S/C11H11NO3S/c1-9(15-2)11(8-12)16(13,14)10-6-4-3-5-7-10/h3-7H,1-2H3/b11-9+. The SMILES string of the molecule is CO/C(C)=C(\C#N)S(=O)(=O)c1ccccc1. The Labute approximate surface area is 94.7 Å². The molecule has 0 radical (unpaired) electrons. The third kappa shape index (κ3) is 2.23. The molecule has 0 amide bonds. The van der Waals surface area contributed by atoms with Crippen LogP contribution in [0.25, 0.3) is 0 Å². The molecule has 0 atom stereocenters. The molecule has 0 aliphatic carbocycles. The second kappa shape index (κ2) is 4.81. The summed E-state index contributed by atoms with van der Waals surface area (Å²) < 4.78 is 28.8. The van der Waals surface area contributed by atoms with Gasteiger partial charge in [0.2, 0.25) is 9.84 Å². The zero-order valence-electron chi connectivity index (χ0n) is 8.97. The number of benzene rings is 1. The molecule has 0 unspecified atom stereocenters. The van der Waals surface area contributed by atoms with Crippen molar-refractivity contribution in [1.29, 1.82) is 5.26 Å². The lowest BCUT2D eigenvalue weighted by Crippen LogP contribution is -2.06. The van der Waals surface area contributed by atoms with Gasteiger partial charge >= 0.3 is 0 Å². The summed E-state index contributed by atoms with van der Waals surface area (Å²) in [6, 6.07) is 9.45. The first-order valence-electron chi connectivity index (χ1n) is 4.49. The van der Waals surface area contributed by atoms with Crippen LogP contribution in [0, 0.1) is 11.3 Å². The van der Waals surface area contributed by atoms with Crippen LogP contribution in [0.5, 0.6) is 0 Å². The Kier molecular flexibility index (Phi) is 3.69. The summed E-state index contributed by atoms with van der Waals surface area (Å²) in [4.78, 5) is -0.274. The highest BCUT2D eigenvalue weighted by Gasteiger charge is 2.23. The van der Waals surface area contributed by atoms with Crippen LogP contribution in [0.3, 0.4) is 0 Å². The molecular formula is C11H11NO3S. The lowest BCUT2D eigenvalue weighted by molar-refractivity contribution is 0.292. The molecule has 0 aliphatic heterocycles. The van der Waals surface area contributed by atoms with Crippen LogP contribution in [0.1, 0.15) is 6.92 Å². The summed E-state index contributed by atoms with van der Waals surface area (Å²) in [6.45, 7) is 1.44. The number of nitrogens with zero attached hydrogens (tertiary/aromatic N) is 1. The molecule has 4 nitrogen and oxygen atoms in total. The van der Waals surface area contributed by atoms with Crippen molar-refractivity contribution in [2.24, 2.45) is 0 Å². The van der Waals surface area contributed by atoms with Crippen LogP contribution in [-0.4, -0.2) is 15.5 Å². The Morgan fingerprint density at radius 2 is 1.88 bits per heavy atom. The van der Waals surface area contributed by atoms with E-state index >= 15 is 0 Å². The van der Waals surface area contributed by atoms with Crippen molar-refractivity contribution in [3.05, 3.63) is 41.0 Å². The van der Waals surface area contributed by atoms with E-state index in [-0.39, 0.29) is 15.6 Å². The van der Waals surface area contributed by atoms with Crippen LogP contribution in [0.15, 0.2) is 45.9 Å². The number of allylic oxidation sites excluding steroid dienone is 2. The molecule has 1 rings (SSSR count). The third-order valence-electron chi connectivity index (χ3n) is 2.05. The van der Waals surface area contributed by atoms with Crippen LogP contribution < -0.4 is 0 Å². The topological polar surface area (TPSA) is 67.2 Å². The summed E-state index contributed by atoms with van der Waals surface area (Å²) in [5.41, 5.74) is 0. The smallest absolute Gasteiger partial charge is 0.219 e. The molecule has 0 spiro atoms. The first-order chi connectivity index (χ1) is 7.54. The number of nitriles is 1. The van der Waals surface area contributed by atoms with E-state index in [1.807, 2.05) is 0 Å². The van der Waals surface area contributed by atoms with E-state index in [4.69, 9.17) is 10.00 Å². The molecule has 0 aromatic heterocycles. The Morgan fingerprint density at radius 3 is 2.31 bits per heavy atom. The van der Waals surface area contributed by atoms with Crippen molar-refractivity contribution < 1.29 is 13.2 Å². The quantitative estimate of drug-likeness (QED) is 0.594. The number of hydrogen-bond acceptors (Lipinski definition) is 4. The minimum Gasteiger partial charge on any atom is -0.499 e. The zero-order valence-corrected chi connectivity index (χ0v) is 9.78. The lowest BCUT2D eigenvalue weighted by atomic mass is 10.4. The van der Waals surface area contributed by atoms with Gasteiger partial charge in [0.05, 0.1) is 12.0 Å². The molecule has 0 fully saturated rings. The summed E-state index contributed by atoms with van der Waals surface area (Å²) in [6.07, 6.45) is 0. The van der Waals surface area contributed by atoms with Gasteiger partial charge in [-0.25, -0.2) is 8.42 Å². The number of methoxy groups -OCH3 is 1. The number of ether oxygens (including phenoxy) is 1. The fraction of sp³-hybridized carbons (Fsp3) is 0.182. The first-order valence-corrected chi connectivity index (χ1v) is 5.97. The van der Waals surface area contributed by atoms with Crippen LogP contribution in [0.4, 0.5) is 0 Å². The van der Waals surface area contributed by atoms with E-state index < -0.39 is 9.84 Å². The van der Waals surface area contributed by atoms with Crippen molar-refractivity contribution in [3.63, 3.8) is 0 Å². The van der Waals surface area contributed by atoms with Crippen molar-refractivity contribution in [3.8, 4) is 6.07 Å². The molecule has 1 aromatic rings. The molecule has 0 saturated carbocycles. The molecule has 0 heterocycles. The van der Waals surface area contributed by atoms with Crippen LogP contribution in [0.2, 0.25) is 0 Å². The van der Waals surface area contributed by atoms with Gasteiger partial charge in [-0.2, -0.15) is 5.26 Å². The summed E-state index contributed by atoms with van der Waals surface area (Å²) in [7, 11) is -2.44. The van der Waals surface area contributed by atoms with Gasteiger partial charge in [-0.1, -0.05) is 18.2 Å². The first kappa shape index (κ1) is 12.3. The van der Waals surface area contributed by atoms with E-state index in [2.05, 4.69) is 0 Å². The fourth-order valence-corrected chi connectivity index (χ4v) is 2.47. The minimum atomic E-state index is -3.77. The van der Waals surface area contributed by atoms with Crippen molar-refractivity contribution in [2.45, 2.75) is 11.8 Å². The van der Waals surface area contributed by atoms with Crippen molar-refractivity contribution in [1.82, 2.24) is 0 Å². The lowest BCUT2D eigenvalue weighted by Gasteiger charge is -2.05. The average Bonchev–Trinajstić information content (AvgIpc) is 2.30. The minimum absolute atomic E-state index is 0.0861. The summed E-state index contributed by atoms with van der Waals surface area (Å²) in [5, 5.41) is 8.86. The molecule has 0 bridgehead atoms. The maximum absolute atomic E-state index is 12.0. The second-order valence-electron chi connectivity index (χ2n) is 3.02. The molecule has 0 aliphatic rings. The molecule has 1 aromatic carbocycles. The maximum Gasteiger partial charge on any atom is 0.219 e. The van der Waals surface area contributed by atoms with Crippen molar-refractivity contribution in [2.75, 3.05) is 7.11 Å². The molecule has 0 N–H and O–H groups in total. The van der Waals surface area contributed by atoms with Crippen LogP contribution in [-0.2, 0) is 14.6 Å². The summed E-state index contributed by atoms with van der Waals surface area (Å²) in [5.74, 6) is 0.0892. The molecule has 84 valence electrons. The van der Waals surface area contributed by atoms with Gasteiger partial charge in [0.25, 0.3) is 0 Å². The Bertz CT molecular complexity index is 538. The van der Waals surface area contributed by atoms with Gasteiger partial charge in [0, 0.05) is 0 Å². The van der Waals surface area contributed by atoms with E-state index in [9.17, 15) is 8.42 Å². The number of rotatable bonds is 3. The van der Waals surface area contributed by atoms with Gasteiger partial charge in [-0.15, -0.1) is 0 Å². The highest BCUT2D eigenvalue weighted by atomic mass is 32.2. The second-order valence-corrected chi connectivity index (χ2v) is 4.90. The molecular weight excluding hydrogens is 226 g/mol. The van der Waals surface area contributed by atoms with Gasteiger partial charge in [0.15, 0.2) is 4.91 Å².